The largest absolute Gasteiger partial charge is 0.392 e. The highest BCUT2D eigenvalue weighted by atomic mass is 16.3. The van der Waals surface area contributed by atoms with Gasteiger partial charge in [0.2, 0.25) is 5.95 Å². The number of nitrogens with two attached hydrogens (primary N) is 1. The Labute approximate surface area is 69.2 Å². The number of aliphatic hydroxyl groups is 1. The third-order valence-electron chi connectivity index (χ3n) is 1.96. The van der Waals surface area contributed by atoms with Gasteiger partial charge in [0.1, 0.15) is 5.82 Å². The minimum Gasteiger partial charge on any atom is -0.392 e. The number of aromatic amines is 1. The number of hydrogen-bond acceptors (Lipinski definition) is 5. The molecule has 1 aromatic rings. The van der Waals surface area contributed by atoms with Crippen LogP contribution in [0.4, 0.5) is 5.95 Å². The van der Waals surface area contributed by atoms with Crippen molar-refractivity contribution in [3.8, 4) is 0 Å². The Bertz CT molecular complexity index is 273. The average molecular weight is 169 g/mol. The summed E-state index contributed by atoms with van der Waals surface area (Å²) >= 11 is 0. The van der Waals surface area contributed by atoms with E-state index in [9.17, 15) is 5.11 Å². The van der Waals surface area contributed by atoms with Crippen molar-refractivity contribution in [2.24, 2.45) is 0 Å². The fourth-order valence-electron chi connectivity index (χ4n) is 1.37. The molecule has 0 unspecified atom stereocenters. The van der Waals surface area contributed by atoms with E-state index in [1.54, 1.807) is 0 Å². The number of nitrogen functional groups attached to an aromatic ring is 1. The first-order chi connectivity index (χ1) is 5.75. The number of H-pyrrole nitrogens is 1. The molecular formula is C6H11N5O. The van der Waals surface area contributed by atoms with Crippen molar-refractivity contribution in [1.82, 2.24) is 20.5 Å². The lowest BCUT2D eigenvalue weighted by molar-refractivity contribution is 0.193. The summed E-state index contributed by atoms with van der Waals surface area (Å²) in [6, 6.07) is 0.0600. The fourth-order valence-corrected chi connectivity index (χ4v) is 1.37. The van der Waals surface area contributed by atoms with Gasteiger partial charge in [0.15, 0.2) is 0 Å². The van der Waals surface area contributed by atoms with Gasteiger partial charge in [0, 0.05) is 6.54 Å². The predicted octanol–water partition coefficient (Wildman–Crippen LogP) is -1.22. The van der Waals surface area contributed by atoms with Crippen LogP contribution >= 0.6 is 0 Å². The molecule has 2 rings (SSSR count). The van der Waals surface area contributed by atoms with Crippen molar-refractivity contribution in [2.75, 3.05) is 12.3 Å². The van der Waals surface area contributed by atoms with E-state index in [1.807, 2.05) is 0 Å². The molecule has 0 radical (unpaired) electrons. The summed E-state index contributed by atoms with van der Waals surface area (Å²) in [4.78, 5) is 3.96. The monoisotopic (exact) mass is 169 g/mol. The minimum absolute atomic E-state index is 0.0600. The zero-order valence-electron chi connectivity index (χ0n) is 6.49. The Hall–Kier alpha value is -1.14. The van der Waals surface area contributed by atoms with E-state index in [2.05, 4.69) is 20.5 Å². The van der Waals surface area contributed by atoms with Crippen LogP contribution in [-0.2, 0) is 0 Å². The van der Waals surface area contributed by atoms with Crippen LogP contribution in [0.25, 0.3) is 0 Å². The van der Waals surface area contributed by atoms with Crippen molar-refractivity contribution in [3.05, 3.63) is 5.82 Å². The highest BCUT2D eigenvalue weighted by molar-refractivity contribution is 5.15. The lowest BCUT2D eigenvalue weighted by Gasteiger charge is -2.03. The van der Waals surface area contributed by atoms with Crippen molar-refractivity contribution < 1.29 is 5.11 Å². The number of nitrogens with zero attached hydrogens (tertiary/aromatic N) is 2. The zero-order chi connectivity index (χ0) is 8.55. The second kappa shape index (κ2) is 2.72. The van der Waals surface area contributed by atoms with Gasteiger partial charge in [-0.2, -0.15) is 4.98 Å². The number of nitrogens with one attached hydrogen (secondary N) is 2. The average Bonchev–Trinajstić information content (AvgIpc) is 2.58. The summed E-state index contributed by atoms with van der Waals surface area (Å²) in [5.41, 5.74) is 5.34. The van der Waals surface area contributed by atoms with E-state index in [1.165, 1.54) is 0 Å². The summed E-state index contributed by atoms with van der Waals surface area (Å²) in [6.45, 7) is 0.602. The van der Waals surface area contributed by atoms with Gasteiger partial charge in [-0.05, 0) is 6.42 Å². The Morgan fingerprint density at radius 2 is 2.42 bits per heavy atom. The molecule has 0 spiro atoms. The van der Waals surface area contributed by atoms with Crippen LogP contribution < -0.4 is 11.1 Å². The van der Waals surface area contributed by atoms with E-state index in [0.717, 1.165) is 0 Å². The topological polar surface area (TPSA) is 99.8 Å². The molecule has 0 saturated carbocycles. The lowest BCUT2D eigenvalue weighted by atomic mass is 10.2. The van der Waals surface area contributed by atoms with Gasteiger partial charge < -0.3 is 16.2 Å². The number of hydrogen-bond donors (Lipinski definition) is 4. The molecule has 0 amide bonds. The van der Waals surface area contributed by atoms with Gasteiger partial charge in [-0.25, -0.2) is 0 Å². The molecule has 1 fully saturated rings. The van der Waals surface area contributed by atoms with Crippen molar-refractivity contribution in [2.45, 2.75) is 18.6 Å². The molecule has 12 heavy (non-hydrogen) atoms. The van der Waals surface area contributed by atoms with Crippen LogP contribution in [-0.4, -0.2) is 32.9 Å². The van der Waals surface area contributed by atoms with Crippen molar-refractivity contribution >= 4 is 5.95 Å². The quantitative estimate of drug-likeness (QED) is 0.422. The third kappa shape index (κ3) is 1.26. The molecule has 1 aliphatic rings. The van der Waals surface area contributed by atoms with E-state index < -0.39 is 0 Å². The van der Waals surface area contributed by atoms with E-state index in [0.29, 0.717) is 18.8 Å². The summed E-state index contributed by atoms with van der Waals surface area (Å²) in [7, 11) is 0. The van der Waals surface area contributed by atoms with Crippen molar-refractivity contribution in [1.29, 1.82) is 0 Å². The van der Waals surface area contributed by atoms with Crippen LogP contribution in [0.1, 0.15) is 18.3 Å². The second-order valence-corrected chi connectivity index (χ2v) is 2.93. The molecular weight excluding hydrogens is 158 g/mol. The first-order valence-corrected chi connectivity index (χ1v) is 3.85. The van der Waals surface area contributed by atoms with Gasteiger partial charge in [-0.1, -0.05) is 0 Å². The Balaban J connectivity index is 2.11. The standard InChI is InChI=1S/C6H11N5O/c7-6-9-5(10-11-6)4-1-3(12)2-8-4/h3-4,8,12H,1-2H2,(H3,7,9,10,11)/t3-,4-/m0/s1. The SMILES string of the molecule is Nc1n[nH]c([C@@H]2C[C@H](O)CN2)n1. The molecule has 0 aliphatic carbocycles. The summed E-state index contributed by atoms with van der Waals surface area (Å²) in [5, 5.41) is 18.7. The van der Waals surface area contributed by atoms with E-state index in [4.69, 9.17) is 5.73 Å². The van der Waals surface area contributed by atoms with E-state index >= 15 is 0 Å². The highest BCUT2D eigenvalue weighted by Gasteiger charge is 2.25. The molecule has 66 valence electrons. The molecule has 0 aromatic carbocycles. The molecule has 6 heteroatoms. The summed E-state index contributed by atoms with van der Waals surface area (Å²) in [6.07, 6.45) is 0.371. The van der Waals surface area contributed by atoms with Gasteiger partial charge in [0.05, 0.1) is 12.1 Å². The van der Waals surface area contributed by atoms with Crippen molar-refractivity contribution in [3.63, 3.8) is 0 Å². The van der Waals surface area contributed by atoms with Crippen LogP contribution in [0.5, 0.6) is 0 Å². The Morgan fingerprint density at radius 1 is 1.58 bits per heavy atom. The maximum Gasteiger partial charge on any atom is 0.239 e. The number of β-amino-alcohol motifs (C(OH)–C–C–N with tert-alkyl or cyclic N) is 1. The van der Waals surface area contributed by atoms with Gasteiger partial charge in [-0.3, -0.25) is 5.10 Å². The molecule has 1 aromatic heterocycles. The smallest absolute Gasteiger partial charge is 0.239 e. The summed E-state index contributed by atoms with van der Waals surface area (Å²) < 4.78 is 0. The molecule has 6 nitrogen and oxygen atoms in total. The van der Waals surface area contributed by atoms with Gasteiger partial charge >= 0.3 is 0 Å². The molecule has 1 aliphatic heterocycles. The normalized spacial score (nSPS) is 29.4. The number of anilines is 1. The predicted molar refractivity (Wildman–Crippen MR) is 42.2 cm³/mol. The lowest BCUT2D eigenvalue weighted by Crippen LogP contribution is -2.15. The Morgan fingerprint density at radius 3 is 2.92 bits per heavy atom. The van der Waals surface area contributed by atoms with Gasteiger partial charge in [0.25, 0.3) is 0 Å². The van der Waals surface area contributed by atoms with Crippen LogP contribution in [0.15, 0.2) is 0 Å². The second-order valence-electron chi connectivity index (χ2n) is 2.93. The first-order valence-electron chi connectivity index (χ1n) is 3.85. The highest BCUT2D eigenvalue weighted by Crippen LogP contribution is 2.19. The first kappa shape index (κ1) is 7.51. The van der Waals surface area contributed by atoms with E-state index in [-0.39, 0.29) is 18.1 Å². The molecule has 1 saturated heterocycles. The maximum atomic E-state index is 9.21. The number of aromatic nitrogens is 3. The molecule has 2 atom stereocenters. The fraction of sp³-hybridized carbons (Fsp3) is 0.667. The molecule has 2 heterocycles. The summed E-state index contributed by atoms with van der Waals surface area (Å²) in [5.74, 6) is 0.942. The van der Waals surface area contributed by atoms with Crippen LogP contribution in [0, 0.1) is 0 Å². The maximum absolute atomic E-state index is 9.21. The number of aliphatic hydroxyl groups excluding tert-OH is 1. The molecule has 0 bridgehead atoms. The molecule has 5 N–H and O–H groups in total. The van der Waals surface area contributed by atoms with Gasteiger partial charge in [-0.15, -0.1) is 5.10 Å². The Kier molecular flexibility index (Phi) is 1.70. The number of rotatable bonds is 1. The van der Waals surface area contributed by atoms with Crippen LogP contribution in [0.3, 0.4) is 0 Å². The minimum atomic E-state index is -0.290. The third-order valence-corrected chi connectivity index (χ3v) is 1.96. The zero-order valence-corrected chi connectivity index (χ0v) is 6.49. The van der Waals surface area contributed by atoms with Crippen LogP contribution in [0.2, 0.25) is 0 Å².